The Morgan fingerprint density at radius 1 is 1.56 bits per heavy atom. The molecule has 0 aliphatic carbocycles. The number of methoxy groups -OCH3 is 1. The SMILES string of the molecule is COC1(NC(=O)C(N)c2ccsc2)C(=O)N2C(C(=O)O)=C(C)CS[C@H]21. The van der Waals surface area contributed by atoms with Crippen molar-refractivity contribution < 1.29 is 24.2 Å². The van der Waals surface area contributed by atoms with E-state index in [9.17, 15) is 19.5 Å². The van der Waals surface area contributed by atoms with Crippen LogP contribution >= 0.6 is 23.1 Å². The molecule has 25 heavy (non-hydrogen) atoms. The van der Waals surface area contributed by atoms with Gasteiger partial charge in [0.15, 0.2) is 0 Å². The number of thiophene rings is 1. The number of carbonyl (C=O) groups is 3. The number of fused-ring (bicyclic) bond motifs is 1. The maximum atomic E-state index is 12.7. The zero-order valence-corrected chi connectivity index (χ0v) is 15.1. The van der Waals surface area contributed by atoms with Crippen molar-refractivity contribution in [2.75, 3.05) is 12.9 Å². The number of nitrogens with zero attached hydrogens (tertiary/aromatic N) is 1. The number of nitrogens with one attached hydrogen (secondary N) is 1. The van der Waals surface area contributed by atoms with Gasteiger partial charge in [0.05, 0.1) is 0 Å². The fourth-order valence-corrected chi connectivity index (χ4v) is 4.98. The summed E-state index contributed by atoms with van der Waals surface area (Å²) in [6.45, 7) is 1.66. The lowest BCUT2D eigenvalue weighted by molar-refractivity contribution is -0.192. The summed E-state index contributed by atoms with van der Waals surface area (Å²) in [5.41, 5.74) is 5.49. The highest BCUT2D eigenvalue weighted by Gasteiger charge is 2.66. The molecule has 134 valence electrons. The first-order chi connectivity index (χ1) is 11.8. The zero-order valence-electron chi connectivity index (χ0n) is 13.5. The minimum absolute atomic E-state index is 0.0576. The lowest BCUT2D eigenvalue weighted by atomic mass is 9.97. The van der Waals surface area contributed by atoms with E-state index >= 15 is 0 Å². The second-order valence-corrected chi connectivity index (χ2v) is 7.58. The average molecular weight is 383 g/mol. The lowest BCUT2D eigenvalue weighted by Gasteiger charge is -2.55. The van der Waals surface area contributed by atoms with E-state index in [1.54, 1.807) is 23.8 Å². The molecule has 1 aromatic heterocycles. The van der Waals surface area contributed by atoms with Crippen molar-refractivity contribution in [1.82, 2.24) is 10.2 Å². The number of carbonyl (C=O) groups excluding carboxylic acids is 2. The Morgan fingerprint density at radius 3 is 2.84 bits per heavy atom. The molecule has 1 aromatic rings. The maximum absolute atomic E-state index is 12.7. The number of hydrogen-bond donors (Lipinski definition) is 3. The molecule has 0 radical (unpaired) electrons. The molecule has 3 heterocycles. The maximum Gasteiger partial charge on any atom is 0.352 e. The number of nitrogens with two attached hydrogens (primary N) is 1. The molecule has 0 aromatic carbocycles. The Labute approximate surface area is 152 Å². The third-order valence-corrected chi connectivity index (χ3v) is 6.40. The topological polar surface area (TPSA) is 122 Å². The standard InChI is InChI=1S/C15H17N3O5S2/c1-7-5-25-14-15(23-2,13(22)18(14)10(7)12(20)21)17-11(19)9(16)8-3-4-24-6-8/h3-4,6,9,14H,5,16H2,1-2H3,(H,17,19)(H,20,21)/t9?,14-,15?/m0/s1. The Bertz CT molecular complexity index is 763. The molecule has 2 aliphatic rings. The Morgan fingerprint density at radius 2 is 2.28 bits per heavy atom. The zero-order chi connectivity index (χ0) is 18.4. The molecule has 1 saturated heterocycles. The monoisotopic (exact) mass is 383 g/mol. The second-order valence-electron chi connectivity index (χ2n) is 5.74. The molecule has 1 fully saturated rings. The summed E-state index contributed by atoms with van der Waals surface area (Å²) in [4.78, 5) is 37.8. The van der Waals surface area contributed by atoms with Crippen molar-refractivity contribution in [2.24, 2.45) is 5.73 Å². The molecule has 2 amide bonds. The molecule has 8 nitrogen and oxygen atoms in total. The Hall–Kier alpha value is -1.88. The van der Waals surface area contributed by atoms with E-state index in [1.807, 2.05) is 0 Å². The van der Waals surface area contributed by atoms with Gasteiger partial charge in [-0.2, -0.15) is 11.3 Å². The summed E-state index contributed by atoms with van der Waals surface area (Å²) < 4.78 is 5.34. The molecule has 4 N–H and O–H groups in total. The number of amides is 2. The van der Waals surface area contributed by atoms with Crippen LogP contribution in [0, 0.1) is 0 Å². The van der Waals surface area contributed by atoms with Crippen LogP contribution in [0.1, 0.15) is 18.5 Å². The number of carboxylic acid groups (broad SMARTS) is 1. The highest BCUT2D eigenvalue weighted by molar-refractivity contribution is 8.00. The van der Waals surface area contributed by atoms with Gasteiger partial charge < -0.3 is 20.9 Å². The molecule has 3 rings (SSSR count). The van der Waals surface area contributed by atoms with Gasteiger partial charge in [0.1, 0.15) is 17.1 Å². The molecular formula is C15H17N3O5S2. The minimum atomic E-state index is -1.61. The number of ether oxygens (including phenoxy) is 1. The summed E-state index contributed by atoms with van der Waals surface area (Å²) in [7, 11) is 1.30. The van der Waals surface area contributed by atoms with Gasteiger partial charge in [-0.05, 0) is 34.9 Å². The van der Waals surface area contributed by atoms with Gasteiger partial charge in [0.25, 0.3) is 11.6 Å². The first-order valence-electron chi connectivity index (χ1n) is 7.36. The molecule has 0 saturated carbocycles. The van der Waals surface area contributed by atoms with E-state index in [4.69, 9.17) is 10.5 Å². The summed E-state index contributed by atoms with van der Waals surface area (Å²) in [6.07, 6.45) is 0. The van der Waals surface area contributed by atoms with Crippen LogP contribution in [-0.4, -0.2) is 51.8 Å². The molecule has 10 heteroatoms. The van der Waals surface area contributed by atoms with Crippen molar-refractivity contribution in [2.45, 2.75) is 24.1 Å². The van der Waals surface area contributed by atoms with Crippen LogP contribution in [0.5, 0.6) is 0 Å². The number of rotatable bonds is 5. The average Bonchev–Trinajstić information content (AvgIpc) is 3.12. The molecular weight excluding hydrogens is 366 g/mol. The number of aliphatic carboxylic acids is 1. The summed E-state index contributed by atoms with van der Waals surface area (Å²) in [5, 5.41) is 14.9. The van der Waals surface area contributed by atoms with Crippen LogP contribution in [0.2, 0.25) is 0 Å². The lowest BCUT2D eigenvalue weighted by Crippen LogP contribution is -2.81. The molecule has 0 spiro atoms. The molecule has 3 atom stereocenters. The van der Waals surface area contributed by atoms with E-state index in [0.717, 1.165) is 4.90 Å². The van der Waals surface area contributed by atoms with Crippen molar-refractivity contribution >= 4 is 40.9 Å². The van der Waals surface area contributed by atoms with Crippen molar-refractivity contribution in [3.63, 3.8) is 0 Å². The summed E-state index contributed by atoms with van der Waals surface area (Å²) in [5.74, 6) is -1.93. The van der Waals surface area contributed by atoms with Crippen molar-refractivity contribution in [3.8, 4) is 0 Å². The Kier molecular flexibility index (Phi) is 4.62. The largest absolute Gasteiger partial charge is 0.477 e. The van der Waals surface area contributed by atoms with E-state index in [1.165, 1.54) is 30.2 Å². The number of β-lactam (4-membered cyclic amide) rings is 1. The molecule has 0 bridgehead atoms. The van der Waals surface area contributed by atoms with Crippen LogP contribution in [-0.2, 0) is 19.1 Å². The fraction of sp³-hybridized carbons (Fsp3) is 0.400. The highest BCUT2D eigenvalue weighted by atomic mass is 32.2. The Balaban J connectivity index is 1.85. The van der Waals surface area contributed by atoms with Gasteiger partial charge in [-0.25, -0.2) is 4.79 Å². The quantitative estimate of drug-likeness (QED) is 0.499. The third kappa shape index (κ3) is 2.65. The van der Waals surface area contributed by atoms with Crippen LogP contribution in [0.4, 0.5) is 0 Å². The van der Waals surface area contributed by atoms with Crippen LogP contribution in [0.25, 0.3) is 0 Å². The van der Waals surface area contributed by atoms with Crippen LogP contribution in [0.3, 0.4) is 0 Å². The molecule has 2 aliphatic heterocycles. The van der Waals surface area contributed by atoms with Crippen LogP contribution < -0.4 is 11.1 Å². The highest BCUT2D eigenvalue weighted by Crippen LogP contribution is 2.46. The summed E-state index contributed by atoms with van der Waals surface area (Å²) >= 11 is 2.74. The number of hydrogen-bond acceptors (Lipinski definition) is 7. The number of carboxylic acids is 1. The van der Waals surface area contributed by atoms with E-state index < -0.39 is 34.9 Å². The third-order valence-electron chi connectivity index (χ3n) is 4.24. The normalized spacial score (nSPS) is 26.8. The van der Waals surface area contributed by atoms with Gasteiger partial charge in [-0.3, -0.25) is 14.5 Å². The van der Waals surface area contributed by atoms with Gasteiger partial charge in [0.2, 0.25) is 5.91 Å². The minimum Gasteiger partial charge on any atom is -0.477 e. The first kappa shape index (κ1) is 17.9. The predicted molar refractivity (Wildman–Crippen MR) is 92.6 cm³/mol. The fourth-order valence-electron chi connectivity index (χ4n) is 2.90. The molecule has 2 unspecified atom stereocenters. The van der Waals surface area contributed by atoms with Gasteiger partial charge in [0, 0.05) is 12.9 Å². The van der Waals surface area contributed by atoms with E-state index in [0.29, 0.717) is 16.9 Å². The number of thioether (sulfide) groups is 1. The van der Waals surface area contributed by atoms with E-state index in [-0.39, 0.29) is 5.70 Å². The van der Waals surface area contributed by atoms with E-state index in [2.05, 4.69) is 5.32 Å². The second kappa shape index (κ2) is 6.45. The van der Waals surface area contributed by atoms with Gasteiger partial charge >= 0.3 is 5.97 Å². The van der Waals surface area contributed by atoms with Crippen molar-refractivity contribution in [1.29, 1.82) is 0 Å². The van der Waals surface area contributed by atoms with Gasteiger partial charge in [-0.15, -0.1) is 11.8 Å². The first-order valence-corrected chi connectivity index (χ1v) is 9.35. The van der Waals surface area contributed by atoms with Gasteiger partial charge in [-0.1, -0.05) is 0 Å². The smallest absolute Gasteiger partial charge is 0.352 e. The van der Waals surface area contributed by atoms with Crippen molar-refractivity contribution in [3.05, 3.63) is 33.7 Å². The summed E-state index contributed by atoms with van der Waals surface area (Å²) in [6, 6.07) is 0.790. The van der Waals surface area contributed by atoms with Crippen LogP contribution in [0.15, 0.2) is 28.1 Å². The predicted octanol–water partition coefficient (Wildman–Crippen LogP) is 0.481.